The van der Waals surface area contributed by atoms with Gasteiger partial charge in [-0.1, -0.05) is 12.1 Å². The van der Waals surface area contributed by atoms with Crippen LogP contribution in [0.25, 0.3) is 0 Å². The number of halogens is 3. The Kier molecular flexibility index (Phi) is 3.87. The highest BCUT2D eigenvalue weighted by Gasteiger charge is 2.46. The number of nitrogens with one attached hydrogen (secondary N) is 1. The molecule has 0 unspecified atom stereocenters. The van der Waals surface area contributed by atoms with E-state index in [0.717, 1.165) is 38.1 Å². The van der Waals surface area contributed by atoms with Gasteiger partial charge in [0.25, 0.3) is 9.84 Å². The quantitative estimate of drug-likeness (QED) is 0.911. The van der Waals surface area contributed by atoms with E-state index in [4.69, 9.17) is 0 Å². The summed E-state index contributed by atoms with van der Waals surface area (Å²) >= 11 is 0. The summed E-state index contributed by atoms with van der Waals surface area (Å²) in [6.45, 7) is 1.59. The summed E-state index contributed by atoms with van der Waals surface area (Å²) in [6, 6.07) is 5.20. The molecule has 19 heavy (non-hydrogen) atoms. The van der Waals surface area contributed by atoms with Crippen LogP contribution in [-0.4, -0.2) is 27.0 Å². The minimum atomic E-state index is -5.25. The zero-order chi connectivity index (χ0) is 14.1. The van der Waals surface area contributed by atoms with Crippen LogP contribution in [-0.2, 0) is 9.84 Å². The predicted octanol–water partition coefficient (Wildman–Crippen LogP) is 2.45. The molecule has 1 aliphatic rings. The third kappa shape index (κ3) is 2.92. The van der Waals surface area contributed by atoms with Crippen molar-refractivity contribution in [2.45, 2.75) is 29.2 Å². The first-order valence-corrected chi connectivity index (χ1v) is 7.43. The molecule has 0 amide bonds. The van der Waals surface area contributed by atoms with Crippen molar-refractivity contribution in [3.63, 3.8) is 0 Å². The SMILES string of the molecule is O=S(=O)(c1cccc(C2CCNCC2)c1)C(F)(F)F. The van der Waals surface area contributed by atoms with Crippen LogP contribution in [0.3, 0.4) is 0 Å². The Morgan fingerprint density at radius 1 is 1.16 bits per heavy atom. The predicted molar refractivity (Wildman–Crippen MR) is 64.5 cm³/mol. The molecule has 0 aliphatic carbocycles. The van der Waals surface area contributed by atoms with Gasteiger partial charge in [-0.05, 0) is 49.5 Å². The maximum atomic E-state index is 12.5. The Morgan fingerprint density at radius 3 is 2.37 bits per heavy atom. The molecule has 0 radical (unpaired) electrons. The summed E-state index contributed by atoms with van der Waals surface area (Å²) in [5.41, 5.74) is -4.59. The molecule has 0 spiro atoms. The Morgan fingerprint density at radius 2 is 1.79 bits per heavy atom. The number of rotatable bonds is 2. The van der Waals surface area contributed by atoms with Gasteiger partial charge in [0, 0.05) is 0 Å². The van der Waals surface area contributed by atoms with E-state index in [-0.39, 0.29) is 5.92 Å². The highest BCUT2D eigenvalue weighted by molar-refractivity contribution is 7.92. The molecule has 1 N–H and O–H groups in total. The van der Waals surface area contributed by atoms with Crippen LogP contribution in [0.1, 0.15) is 24.3 Å². The summed E-state index contributed by atoms with van der Waals surface area (Å²) < 4.78 is 60.2. The highest BCUT2D eigenvalue weighted by atomic mass is 32.2. The lowest BCUT2D eigenvalue weighted by Crippen LogP contribution is -2.27. The van der Waals surface area contributed by atoms with E-state index >= 15 is 0 Å². The lowest BCUT2D eigenvalue weighted by atomic mass is 9.90. The smallest absolute Gasteiger partial charge is 0.317 e. The van der Waals surface area contributed by atoms with Crippen molar-refractivity contribution in [2.75, 3.05) is 13.1 Å². The highest BCUT2D eigenvalue weighted by Crippen LogP contribution is 2.33. The Bertz CT molecular complexity index is 548. The van der Waals surface area contributed by atoms with Crippen LogP contribution in [0.15, 0.2) is 29.2 Å². The van der Waals surface area contributed by atoms with E-state index in [0.29, 0.717) is 5.56 Å². The first-order valence-electron chi connectivity index (χ1n) is 5.94. The number of alkyl halides is 3. The number of hydrogen-bond acceptors (Lipinski definition) is 3. The zero-order valence-corrected chi connectivity index (χ0v) is 10.9. The van der Waals surface area contributed by atoms with Crippen molar-refractivity contribution < 1.29 is 21.6 Å². The largest absolute Gasteiger partial charge is 0.501 e. The molecular weight excluding hydrogens is 279 g/mol. The van der Waals surface area contributed by atoms with Crippen molar-refractivity contribution in [2.24, 2.45) is 0 Å². The molecule has 1 fully saturated rings. The molecule has 1 saturated heterocycles. The first-order chi connectivity index (χ1) is 8.82. The van der Waals surface area contributed by atoms with E-state index in [1.165, 1.54) is 6.07 Å². The van der Waals surface area contributed by atoms with Gasteiger partial charge in [0.1, 0.15) is 0 Å². The maximum absolute atomic E-state index is 12.5. The molecule has 106 valence electrons. The molecule has 0 aromatic heterocycles. The van der Waals surface area contributed by atoms with E-state index in [1.54, 1.807) is 6.07 Å². The number of piperidine rings is 1. The second kappa shape index (κ2) is 5.13. The average Bonchev–Trinajstić information content (AvgIpc) is 2.39. The van der Waals surface area contributed by atoms with Crippen molar-refractivity contribution in [1.82, 2.24) is 5.32 Å². The standard InChI is InChI=1S/C12H14F3NO2S/c13-12(14,15)19(17,18)11-3-1-2-10(8-11)9-4-6-16-7-5-9/h1-3,8-9,16H,4-7H2. The summed E-state index contributed by atoms with van der Waals surface area (Å²) in [5.74, 6) is 0.115. The maximum Gasteiger partial charge on any atom is 0.501 e. The first kappa shape index (κ1) is 14.3. The molecule has 1 aliphatic heterocycles. The van der Waals surface area contributed by atoms with Crippen LogP contribution in [0.5, 0.6) is 0 Å². The Labute approximate surface area is 109 Å². The second-order valence-corrected chi connectivity index (χ2v) is 6.49. The summed E-state index contributed by atoms with van der Waals surface area (Å²) in [6.07, 6.45) is 1.60. The van der Waals surface area contributed by atoms with Gasteiger partial charge >= 0.3 is 5.51 Å². The topological polar surface area (TPSA) is 46.2 Å². The number of sulfone groups is 1. The third-order valence-corrected chi connectivity index (χ3v) is 4.77. The Balaban J connectivity index is 2.34. The van der Waals surface area contributed by atoms with E-state index < -0.39 is 20.2 Å². The zero-order valence-electron chi connectivity index (χ0n) is 10.1. The van der Waals surface area contributed by atoms with E-state index in [2.05, 4.69) is 5.32 Å². The van der Waals surface area contributed by atoms with E-state index in [9.17, 15) is 21.6 Å². The summed E-state index contributed by atoms with van der Waals surface area (Å²) in [4.78, 5) is -0.670. The fourth-order valence-electron chi connectivity index (χ4n) is 2.22. The van der Waals surface area contributed by atoms with Crippen LogP contribution in [0.4, 0.5) is 13.2 Å². The monoisotopic (exact) mass is 293 g/mol. The van der Waals surface area contributed by atoms with Crippen LogP contribution in [0, 0.1) is 0 Å². The molecule has 1 aromatic rings. The fraction of sp³-hybridized carbons (Fsp3) is 0.500. The summed E-state index contributed by atoms with van der Waals surface area (Å²) in [5, 5.41) is 3.16. The molecular formula is C12H14F3NO2S. The van der Waals surface area contributed by atoms with Gasteiger partial charge in [-0.2, -0.15) is 13.2 Å². The van der Waals surface area contributed by atoms with E-state index in [1.807, 2.05) is 0 Å². The molecule has 0 bridgehead atoms. The molecule has 2 rings (SSSR count). The van der Waals surface area contributed by atoms with Crippen molar-refractivity contribution in [3.8, 4) is 0 Å². The fourth-order valence-corrected chi connectivity index (χ4v) is 3.04. The molecule has 1 heterocycles. The molecule has 0 saturated carbocycles. The van der Waals surface area contributed by atoms with Crippen LogP contribution < -0.4 is 5.32 Å². The van der Waals surface area contributed by atoms with Gasteiger partial charge in [0.15, 0.2) is 0 Å². The van der Waals surface area contributed by atoms with Crippen LogP contribution >= 0.6 is 0 Å². The van der Waals surface area contributed by atoms with Gasteiger partial charge in [0.2, 0.25) is 0 Å². The minimum absolute atomic E-state index is 0.115. The normalized spacial score (nSPS) is 18.5. The van der Waals surface area contributed by atoms with Crippen molar-refractivity contribution >= 4 is 9.84 Å². The lowest BCUT2D eigenvalue weighted by Gasteiger charge is -2.23. The van der Waals surface area contributed by atoms with Gasteiger partial charge in [0.05, 0.1) is 4.90 Å². The molecule has 0 atom stereocenters. The molecule has 1 aromatic carbocycles. The third-order valence-electron chi connectivity index (χ3n) is 3.28. The van der Waals surface area contributed by atoms with Gasteiger partial charge in [-0.15, -0.1) is 0 Å². The number of hydrogen-bond donors (Lipinski definition) is 1. The van der Waals surface area contributed by atoms with Crippen molar-refractivity contribution in [1.29, 1.82) is 0 Å². The van der Waals surface area contributed by atoms with Gasteiger partial charge in [-0.25, -0.2) is 8.42 Å². The minimum Gasteiger partial charge on any atom is -0.317 e. The van der Waals surface area contributed by atoms with Crippen molar-refractivity contribution in [3.05, 3.63) is 29.8 Å². The Hall–Kier alpha value is -1.08. The van der Waals surface area contributed by atoms with Gasteiger partial charge < -0.3 is 5.32 Å². The second-order valence-electron chi connectivity index (χ2n) is 4.55. The van der Waals surface area contributed by atoms with Crippen LogP contribution in [0.2, 0.25) is 0 Å². The molecule has 3 nitrogen and oxygen atoms in total. The summed E-state index contributed by atoms with van der Waals surface area (Å²) in [7, 11) is -5.25. The number of benzene rings is 1. The molecule has 7 heteroatoms. The average molecular weight is 293 g/mol. The lowest BCUT2D eigenvalue weighted by molar-refractivity contribution is -0.0436. The van der Waals surface area contributed by atoms with Gasteiger partial charge in [-0.3, -0.25) is 0 Å².